The predicted molar refractivity (Wildman–Crippen MR) is 92.6 cm³/mol. The molecule has 8 heteroatoms. The van der Waals surface area contributed by atoms with Gasteiger partial charge in [0, 0.05) is 24.4 Å². The van der Waals surface area contributed by atoms with Gasteiger partial charge in [0.15, 0.2) is 6.61 Å². The summed E-state index contributed by atoms with van der Waals surface area (Å²) in [5.74, 6) is -2.36. The van der Waals surface area contributed by atoms with Gasteiger partial charge in [-0.2, -0.15) is 0 Å². The summed E-state index contributed by atoms with van der Waals surface area (Å²) in [6, 6.07) is 10.1. The molecule has 2 aromatic rings. The number of ether oxygens (including phenoxy) is 2. The minimum Gasteiger partial charge on any atom is -0.497 e. The summed E-state index contributed by atoms with van der Waals surface area (Å²) in [6.07, 6.45) is 0. The fourth-order valence-electron chi connectivity index (χ4n) is 2.07. The second-order valence-electron chi connectivity index (χ2n) is 5.23. The molecule has 0 aliphatic carbocycles. The Kier molecular flexibility index (Phi) is 6.26. The van der Waals surface area contributed by atoms with Gasteiger partial charge in [0.05, 0.1) is 12.7 Å². The Morgan fingerprint density at radius 1 is 1.04 bits per heavy atom. The number of amides is 2. The first-order chi connectivity index (χ1) is 12.4. The zero-order chi connectivity index (χ0) is 19.1. The van der Waals surface area contributed by atoms with Crippen LogP contribution in [0.2, 0.25) is 0 Å². The van der Waals surface area contributed by atoms with Crippen molar-refractivity contribution < 1.29 is 28.2 Å². The molecule has 2 aromatic carbocycles. The lowest BCUT2D eigenvalue weighted by Gasteiger charge is -2.09. The second-order valence-corrected chi connectivity index (χ2v) is 5.23. The molecule has 0 radical (unpaired) electrons. The van der Waals surface area contributed by atoms with E-state index in [9.17, 15) is 18.8 Å². The first-order valence-electron chi connectivity index (χ1n) is 7.57. The van der Waals surface area contributed by atoms with Crippen LogP contribution in [0.5, 0.6) is 5.75 Å². The summed E-state index contributed by atoms with van der Waals surface area (Å²) in [7, 11) is 1.37. The van der Waals surface area contributed by atoms with Crippen LogP contribution in [-0.2, 0) is 14.3 Å². The van der Waals surface area contributed by atoms with Crippen molar-refractivity contribution in [2.45, 2.75) is 6.92 Å². The summed E-state index contributed by atoms with van der Waals surface area (Å²) < 4.78 is 23.4. The van der Waals surface area contributed by atoms with Gasteiger partial charge >= 0.3 is 5.97 Å². The molecule has 26 heavy (non-hydrogen) atoms. The summed E-state index contributed by atoms with van der Waals surface area (Å²) in [6.45, 7) is 0.775. The van der Waals surface area contributed by atoms with E-state index >= 15 is 0 Å². The van der Waals surface area contributed by atoms with Gasteiger partial charge in [0.2, 0.25) is 5.91 Å². The molecule has 0 fully saturated rings. The van der Waals surface area contributed by atoms with Crippen molar-refractivity contribution in [3.05, 3.63) is 53.8 Å². The Hall–Kier alpha value is -3.42. The van der Waals surface area contributed by atoms with Crippen LogP contribution in [0.25, 0.3) is 0 Å². The van der Waals surface area contributed by atoms with Crippen LogP contribution < -0.4 is 15.4 Å². The van der Waals surface area contributed by atoms with Gasteiger partial charge < -0.3 is 20.1 Å². The summed E-state index contributed by atoms with van der Waals surface area (Å²) in [4.78, 5) is 34.8. The second kappa shape index (κ2) is 8.61. The van der Waals surface area contributed by atoms with Crippen LogP contribution in [0.15, 0.2) is 42.5 Å². The third kappa shape index (κ3) is 5.30. The molecule has 0 aliphatic rings. The molecular weight excluding hydrogens is 343 g/mol. The number of esters is 1. The van der Waals surface area contributed by atoms with E-state index in [2.05, 4.69) is 10.6 Å². The van der Waals surface area contributed by atoms with E-state index in [1.54, 1.807) is 24.3 Å². The van der Waals surface area contributed by atoms with E-state index in [0.29, 0.717) is 11.4 Å². The molecule has 0 spiro atoms. The maximum atomic E-state index is 13.8. The topological polar surface area (TPSA) is 93.7 Å². The minimum absolute atomic E-state index is 0.246. The van der Waals surface area contributed by atoms with Crippen molar-refractivity contribution in [1.82, 2.24) is 0 Å². The summed E-state index contributed by atoms with van der Waals surface area (Å²) in [5, 5.41) is 5.09. The van der Waals surface area contributed by atoms with Gasteiger partial charge in [-0.05, 0) is 30.3 Å². The summed E-state index contributed by atoms with van der Waals surface area (Å²) in [5.41, 5.74) is 0.617. The third-order valence-corrected chi connectivity index (χ3v) is 3.20. The van der Waals surface area contributed by atoms with Gasteiger partial charge in [0.1, 0.15) is 11.6 Å². The number of anilines is 2. The lowest BCUT2D eigenvalue weighted by Crippen LogP contribution is -2.21. The van der Waals surface area contributed by atoms with E-state index in [0.717, 1.165) is 6.07 Å². The molecule has 2 rings (SSSR count). The molecule has 0 bridgehead atoms. The molecule has 7 nitrogen and oxygen atoms in total. The molecule has 0 heterocycles. The highest BCUT2D eigenvalue weighted by Gasteiger charge is 2.15. The average Bonchev–Trinajstić information content (AvgIpc) is 2.59. The van der Waals surface area contributed by atoms with Crippen molar-refractivity contribution in [2.24, 2.45) is 0 Å². The molecule has 0 atom stereocenters. The van der Waals surface area contributed by atoms with Gasteiger partial charge in [0.25, 0.3) is 5.91 Å². The standard InChI is InChI=1S/C18H17FN2O5/c1-11(22)20-12-4-3-5-13(8-12)21-17(23)10-26-18(24)15-7-6-14(25-2)9-16(15)19/h3-9H,10H2,1-2H3,(H,20,22)(H,21,23). The number of carbonyl (C=O) groups excluding carboxylic acids is 3. The Morgan fingerprint density at radius 3 is 2.35 bits per heavy atom. The average molecular weight is 360 g/mol. The van der Waals surface area contributed by atoms with E-state index in [-0.39, 0.29) is 17.2 Å². The minimum atomic E-state index is -0.965. The normalized spacial score (nSPS) is 9.96. The van der Waals surface area contributed by atoms with Crippen LogP contribution in [-0.4, -0.2) is 31.5 Å². The van der Waals surface area contributed by atoms with Gasteiger partial charge in [-0.15, -0.1) is 0 Å². The molecule has 0 unspecified atom stereocenters. The van der Waals surface area contributed by atoms with E-state index in [1.807, 2.05) is 0 Å². The van der Waals surface area contributed by atoms with E-state index in [4.69, 9.17) is 9.47 Å². The number of benzene rings is 2. The fraction of sp³-hybridized carbons (Fsp3) is 0.167. The Balaban J connectivity index is 1.92. The molecule has 0 saturated heterocycles. The smallest absolute Gasteiger partial charge is 0.341 e. The van der Waals surface area contributed by atoms with Crippen molar-refractivity contribution in [3.63, 3.8) is 0 Å². The highest BCUT2D eigenvalue weighted by atomic mass is 19.1. The van der Waals surface area contributed by atoms with Crippen LogP contribution in [0.1, 0.15) is 17.3 Å². The first kappa shape index (κ1) is 18.9. The Morgan fingerprint density at radius 2 is 1.73 bits per heavy atom. The monoisotopic (exact) mass is 360 g/mol. The van der Waals surface area contributed by atoms with Crippen LogP contribution in [0.3, 0.4) is 0 Å². The molecule has 0 aromatic heterocycles. The number of hydrogen-bond donors (Lipinski definition) is 2. The zero-order valence-electron chi connectivity index (χ0n) is 14.2. The quantitative estimate of drug-likeness (QED) is 0.773. The first-order valence-corrected chi connectivity index (χ1v) is 7.57. The highest BCUT2D eigenvalue weighted by Crippen LogP contribution is 2.17. The Bertz CT molecular complexity index is 838. The SMILES string of the molecule is COc1ccc(C(=O)OCC(=O)Nc2cccc(NC(C)=O)c2)c(F)c1. The lowest BCUT2D eigenvalue weighted by molar-refractivity contribution is -0.119. The number of rotatable bonds is 6. The van der Waals surface area contributed by atoms with E-state index < -0.39 is 24.3 Å². The van der Waals surface area contributed by atoms with Crippen LogP contribution >= 0.6 is 0 Å². The number of carbonyl (C=O) groups is 3. The maximum absolute atomic E-state index is 13.8. The molecular formula is C18H17FN2O5. The van der Waals surface area contributed by atoms with E-state index in [1.165, 1.54) is 26.2 Å². The van der Waals surface area contributed by atoms with Crippen molar-refractivity contribution in [2.75, 3.05) is 24.4 Å². The molecule has 2 amide bonds. The van der Waals surface area contributed by atoms with Gasteiger partial charge in [-0.1, -0.05) is 6.07 Å². The Labute approximate surface area is 149 Å². The molecule has 0 saturated carbocycles. The van der Waals surface area contributed by atoms with Crippen molar-refractivity contribution in [1.29, 1.82) is 0 Å². The predicted octanol–water partition coefficient (Wildman–Crippen LogP) is 2.59. The third-order valence-electron chi connectivity index (χ3n) is 3.20. The lowest BCUT2D eigenvalue weighted by atomic mass is 10.2. The number of methoxy groups -OCH3 is 1. The summed E-state index contributed by atoms with van der Waals surface area (Å²) >= 11 is 0. The fourth-order valence-corrected chi connectivity index (χ4v) is 2.07. The van der Waals surface area contributed by atoms with Crippen LogP contribution in [0, 0.1) is 5.82 Å². The number of nitrogens with one attached hydrogen (secondary N) is 2. The zero-order valence-corrected chi connectivity index (χ0v) is 14.2. The van der Waals surface area contributed by atoms with Crippen molar-refractivity contribution in [3.8, 4) is 5.75 Å². The maximum Gasteiger partial charge on any atom is 0.341 e. The highest BCUT2D eigenvalue weighted by molar-refractivity contribution is 5.96. The number of halogens is 1. The van der Waals surface area contributed by atoms with Gasteiger partial charge in [-0.25, -0.2) is 9.18 Å². The van der Waals surface area contributed by atoms with Gasteiger partial charge in [-0.3, -0.25) is 9.59 Å². The molecule has 136 valence electrons. The van der Waals surface area contributed by atoms with Crippen LogP contribution in [0.4, 0.5) is 15.8 Å². The molecule has 2 N–H and O–H groups in total. The van der Waals surface area contributed by atoms with Crippen molar-refractivity contribution >= 4 is 29.2 Å². The largest absolute Gasteiger partial charge is 0.497 e. The number of hydrogen-bond acceptors (Lipinski definition) is 5. The molecule has 0 aliphatic heterocycles.